The summed E-state index contributed by atoms with van der Waals surface area (Å²) in [7, 11) is 0. The van der Waals surface area contributed by atoms with Gasteiger partial charge in [0.1, 0.15) is 0 Å². The fourth-order valence-electron chi connectivity index (χ4n) is 3.43. The normalized spacial score (nSPS) is 29.1. The predicted octanol–water partition coefficient (Wildman–Crippen LogP) is 3.01. The van der Waals surface area contributed by atoms with E-state index in [1.807, 2.05) is 0 Å². The van der Waals surface area contributed by atoms with Crippen LogP contribution in [0.3, 0.4) is 0 Å². The molecule has 1 heterocycles. The Balaban J connectivity index is 1.37. The van der Waals surface area contributed by atoms with Crippen LogP contribution in [0.5, 0.6) is 0 Å². The third-order valence-corrected chi connectivity index (χ3v) is 4.87. The Kier molecular flexibility index (Phi) is 4.19. The molecule has 0 amide bonds. The Morgan fingerprint density at radius 1 is 1.16 bits per heavy atom. The highest BCUT2D eigenvalue weighted by Gasteiger charge is 2.30. The molecule has 2 nitrogen and oxygen atoms in total. The van der Waals surface area contributed by atoms with E-state index in [2.05, 4.69) is 47.5 Å². The first-order valence-electron chi connectivity index (χ1n) is 7.85. The zero-order chi connectivity index (χ0) is 13.1. The zero-order valence-electron chi connectivity index (χ0n) is 12.0. The number of benzene rings is 1. The Bertz CT molecular complexity index is 378. The molecule has 1 aromatic rings. The van der Waals surface area contributed by atoms with Crippen LogP contribution in [0, 0.1) is 0 Å². The van der Waals surface area contributed by atoms with E-state index in [4.69, 9.17) is 0 Å². The van der Waals surface area contributed by atoms with Crippen LogP contribution in [0.2, 0.25) is 0 Å². The Morgan fingerprint density at radius 3 is 2.53 bits per heavy atom. The van der Waals surface area contributed by atoms with Crippen molar-refractivity contribution in [2.24, 2.45) is 0 Å². The van der Waals surface area contributed by atoms with Crippen LogP contribution in [0.25, 0.3) is 0 Å². The quantitative estimate of drug-likeness (QED) is 0.873. The smallest absolute Gasteiger partial charge is 0.0192 e. The van der Waals surface area contributed by atoms with E-state index in [1.54, 1.807) is 0 Å². The molecule has 1 atom stereocenters. The first-order valence-corrected chi connectivity index (χ1v) is 7.85. The molecule has 0 radical (unpaired) electrons. The maximum Gasteiger partial charge on any atom is 0.0192 e. The number of nitrogens with one attached hydrogen (secondary N) is 1. The molecule has 1 N–H and O–H groups in total. The van der Waals surface area contributed by atoms with Gasteiger partial charge in [0.05, 0.1) is 0 Å². The Labute approximate surface area is 117 Å². The van der Waals surface area contributed by atoms with Crippen molar-refractivity contribution in [3.8, 4) is 0 Å². The van der Waals surface area contributed by atoms with Crippen molar-refractivity contribution < 1.29 is 0 Å². The van der Waals surface area contributed by atoms with E-state index in [0.717, 1.165) is 18.5 Å². The van der Waals surface area contributed by atoms with Crippen molar-refractivity contribution in [1.82, 2.24) is 10.2 Å². The number of nitrogens with zero attached hydrogens (tertiary/aromatic N) is 1. The average Bonchev–Trinajstić information content (AvgIpc) is 2.92. The first-order chi connectivity index (χ1) is 9.33. The second kappa shape index (κ2) is 6.06. The van der Waals surface area contributed by atoms with Crippen molar-refractivity contribution in [2.45, 2.75) is 50.6 Å². The summed E-state index contributed by atoms with van der Waals surface area (Å²) in [5.74, 6) is 0.792. The van der Waals surface area contributed by atoms with Gasteiger partial charge in [-0.05, 0) is 57.2 Å². The highest BCUT2D eigenvalue weighted by atomic mass is 15.2. The summed E-state index contributed by atoms with van der Waals surface area (Å²) in [6.07, 6.45) is 5.42. The second-order valence-electron chi connectivity index (χ2n) is 6.28. The van der Waals surface area contributed by atoms with Gasteiger partial charge in [-0.25, -0.2) is 0 Å². The molecule has 1 saturated heterocycles. The molecule has 0 spiro atoms. The number of hydrogen-bond acceptors (Lipinski definition) is 2. The molecule has 19 heavy (non-hydrogen) atoms. The lowest BCUT2D eigenvalue weighted by molar-refractivity contribution is 0.220. The minimum Gasteiger partial charge on any atom is -0.312 e. The summed E-state index contributed by atoms with van der Waals surface area (Å²) in [6, 6.07) is 12.4. The standard InChI is InChI=1S/C17H26N2/c1-14(19-9-5-6-10-19)13-18-17-11-16(12-17)15-7-3-2-4-8-15/h2-4,7-8,14,16-18H,5-6,9-13H2,1H3. The molecule has 1 aliphatic heterocycles. The van der Waals surface area contributed by atoms with Crippen molar-refractivity contribution in [1.29, 1.82) is 0 Å². The first kappa shape index (κ1) is 13.1. The summed E-state index contributed by atoms with van der Waals surface area (Å²) >= 11 is 0. The van der Waals surface area contributed by atoms with E-state index in [0.29, 0.717) is 6.04 Å². The fraction of sp³-hybridized carbons (Fsp3) is 0.647. The van der Waals surface area contributed by atoms with E-state index >= 15 is 0 Å². The number of hydrogen-bond donors (Lipinski definition) is 1. The third kappa shape index (κ3) is 3.18. The molecular formula is C17H26N2. The highest BCUT2D eigenvalue weighted by molar-refractivity contribution is 5.22. The van der Waals surface area contributed by atoms with Crippen molar-refractivity contribution in [3.05, 3.63) is 35.9 Å². The van der Waals surface area contributed by atoms with Gasteiger partial charge >= 0.3 is 0 Å². The van der Waals surface area contributed by atoms with Crippen LogP contribution in [-0.2, 0) is 0 Å². The summed E-state index contributed by atoms with van der Waals surface area (Å²) in [6.45, 7) is 6.14. The lowest BCUT2D eigenvalue weighted by Gasteiger charge is -2.38. The summed E-state index contributed by atoms with van der Waals surface area (Å²) in [4.78, 5) is 2.63. The van der Waals surface area contributed by atoms with Crippen LogP contribution in [0.4, 0.5) is 0 Å². The van der Waals surface area contributed by atoms with Gasteiger partial charge in [0.25, 0.3) is 0 Å². The van der Waals surface area contributed by atoms with Gasteiger partial charge in [-0.1, -0.05) is 30.3 Å². The average molecular weight is 258 g/mol. The van der Waals surface area contributed by atoms with Crippen LogP contribution in [0.15, 0.2) is 30.3 Å². The monoisotopic (exact) mass is 258 g/mol. The molecule has 1 aliphatic carbocycles. The molecule has 1 unspecified atom stereocenters. The fourth-order valence-corrected chi connectivity index (χ4v) is 3.43. The molecule has 1 aromatic carbocycles. The van der Waals surface area contributed by atoms with Gasteiger partial charge in [0.15, 0.2) is 0 Å². The summed E-state index contributed by atoms with van der Waals surface area (Å²) in [5, 5.41) is 3.75. The van der Waals surface area contributed by atoms with E-state index < -0.39 is 0 Å². The molecular weight excluding hydrogens is 232 g/mol. The van der Waals surface area contributed by atoms with Crippen molar-refractivity contribution >= 4 is 0 Å². The van der Waals surface area contributed by atoms with Crippen molar-refractivity contribution in [3.63, 3.8) is 0 Å². The van der Waals surface area contributed by atoms with Gasteiger partial charge in [-0.2, -0.15) is 0 Å². The molecule has 104 valence electrons. The lowest BCUT2D eigenvalue weighted by Crippen LogP contribution is -2.46. The SMILES string of the molecule is CC(CNC1CC(c2ccccc2)C1)N1CCCC1. The number of rotatable bonds is 5. The van der Waals surface area contributed by atoms with Crippen LogP contribution >= 0.6 is 0 Å². The van der Waals surface area contributed by atoms with E-state index in [1.165, 1.54) is 44.3 Å². The van der Waals surface area contributed by atoms with Gasteiger partial charge in [-0.15, -0.1) is 0 Å². The van der Waals surface area contributed by atoms with Gasteiger partial charge < -0.3 is 5.32 Å². The predicted molar refractivity (Wildman–Crippen MR) is 80.5 cm³/mol. The highest BCUT2D eigenvalue weighted by Crippen LogP contribution is 2.36. The largest absolute Gasteiger partial charge is 0.312 e. The molecule has 0 bridgehead atoms. The Morgan fingerprint density at radius 2 is 1.84 bits per heavy atom. The topological polar surface area (TPSA) is 15.3 Å². The van der Waals surface area contributed by atoms with E-state index in [-0.39, 0.29) is 0 Å². The van der Waals surface area contributed by atoms with Gasteiger partial charge in [0, 0.05) is 18.6 Å². The number of likely N-dealkylation sites (tertiary alicyclic amines) is 1. The maximum absolute atomic E-state index is 3.75. The molecule has 1 saturated carbocycles. The van der Waals surface area contributed by atoms with E-state index in [9.17, 15) is 0 Å². The van der Waals surface area contributed by atoms with Crippen LogP contribution in [0.1, 0.15) is 44.1 Å². The molecule has 0 aromatic heterocycles. The van der Waals surface area contributed by atoms with Crippen LogP contribution < -0.4 is 5.32 Å². The summed E-state index contributed by atoms with van der Waals surface area (Å²) in [5.41, 5.74) is 1.52. The minimum atomic E-state index is 0.707. The van der Waals surface area contributed by atoms with Gasteiger partial charge in [-0.3, -0.25) is 4.90 Å². The molecule has 2 heteroatoms. The Hall–Kier alpha value is -0.860. The third-order valence-electron chi connectivity index (χ3n) is 4.87. The lowest BCUT2D eigenvalue weighted by atomic mass is 9.76. The molecule has 3 rings (SSSR count). The molecule has 2 aliphatic rings. The minimum absolute atomic E-state index is 0.707. The zero-order valence-corrected chi connectivity index (χ0v) is 12.0. The second-order valence-corrected chi connectivity index (χ2v) is 6.28. The van der Waals surface area contributed by atoms with Crippen molar-refractivity contribution in [2.75, 3.05) is 19.6 Å². The van der Waals surface area contributed by atoms with Crippen LogP contribution in [-0.4, -0.2) is 36.6 Å². The summed E-state index contributed by atoms with van der Waals surface area (Å²) < 4.78 is 0. The van der Waals surface area contributed by atoms with Gasteiger partial charge in [0.2, 0.25) is 0 Å². The molecule has 2 fully saturated rings. The maximum atomic E-state index is 3.75.